The van der Waals surface area contributed by atoms with Crippen molar-refractivity contribution in [3.63, 3.8) is 0 Å². The molecule has 1 aliphatic heterocycles. The molecule has 1 aromatic heterocycles. The van der Waals surface area contributed by atoms with Gasteiger partial charge in [0.05, 0.1) is 6.54 Å². The normalized spacial score (nSPS) is 23.4. The molecule has 1 aromatic rings. The lowest BCUT2D eigenvalue weighted by Gasteiger charge is -2.48. The van der Waals surface area contributed by atoms with E-state index in [4.69, 9.17) is 0 Å². The minimum Gasteiger partial charge on any atom is -0.308 e. The Labute approximate surface area is 122 Å². The maximum Gasteiger partial charge on any atom is 0.140 e. The van der Waals surface area contributed by atoms with Crippen LogP contribution in [0.2, 0.25) is 0 Å². The fraction of sp³-hybridized carbons (Fsp3) is 0.867. The summed E-state index contributed by atoms with van der Waals surface area (Å²) >= 11 is 0. The smallest absolute Gasteiger partial charge is 0.140 e. The summed E-state index contributed by atoms with van der Waals surface area (Å²) in [4.78, 5) is 6.99. The molecule has 0 saturated carbocycles. The van der Waals surface area contributed by atoms with Crippen LogP contribution in [-0.2, 0) is 13.6 Å². The highest BCUT2D eigenvalue weighted by Gasteiger charge is 2.38. The van der Waals surface area contributed by atoms with Gasteiger partial charge in [0, 0.05) is 31.7 Å². The van der Waals surface area contributed by atoms with Crippen LogP contribution in [0.5, 0.6) is 0 Å². The Kier molecular flexibility index (Phi) is 4.81. The summed E-state index contributed by atoms with van der Waals surface area (Å²) in [6.45, 7) is 12.2. The van der Waals surface area contributed by atoms with E-state index in [1.807, 2.05) is 11.7 Å². The molecule has 0 amide bonds. The van der Waals surface area contributed by atoms with Gasteiger partial charge >= 0.3 is 0 Å². The Hall–Kier alpha value is -0.940. The first-order chi connectivity index (χ1) is 9.51. The van der Waals surface area contributed by atoms with Gasteiger partial charge in [-0.15, -0.1) is 0 Å². The van der Waals surface area contributed by atoms with Crippen molar-refractivity contribution in [3.05, 3.63) is 12.2 Å². The fourth-order valence-corrected chi connectivity index (χ4v) is 3.21. The second kappa shape index (κ2) is 6.22. The van der Waals surface area contributed by atoms with E-state index in [0.29, 0.717) is 12.0 Å². The van der Waals surface area contributed by atoms with Gasteiger partial charge in [-0.25, -0.2) is 4.98 Å². The van der Waals surface area contributed by atoms with Gasteiger partial charge in [-0.2, -0.15) is 5.10 Å². The SMILES string of the molecule is CCC1(CC)CN(Cc2ncnn2C)C(C(C)C)CN1. The molecule has 5 heteroatoms. The van der Waals surface area contributed by atoms with E-state index in [-0.39, 0.29) is 5.54 Å². The summed E-state index contributed by atoms with van der Waals surface area (Å²) in [5, 5.41) is 8.00. The van der Waals surface area contributed by atoms with Crippen LogP contribution < -0.4 is 5.32 Å². The number of rotatable bonds is 5. The number of hydrogen-bond acceptors (Lipinski definition) is 4. The fourth-order valence-electron chi connectivity index (χ4n) is 3.21. The van der Waals surface area contributed by atoms with Crippen LogP contribution in [0.3, 0.4) is 0 Å². The van der Waals surface area contributed by atoms with Gasteiger partial charge in [0.1, 0.15) is 12.2 Å². The second-order valence-electron chi connectivity index (χ2n) is 6.38. The number of nitrogens with zero attached hydrogens (tertiary/aromatic N) is 4. The molecule has 0 radical (unpaired) electrons. The lowest BCUT2D eigenvalue weighted by molar-refractivity contribution is 0.0416. The molecule has 0 spiro atoms. The van der Waals surface area contributed by atoms with Crippen LogP contribution in [0.1, 0.15) is 46.4 Å². The van der Waals surface area contributed by atoms with Crippen molar-refractivity contribution in [1.82, 2.24) is 25.0 Å². The van der Waals surface area contributed by atoms with Crippen LogP contribution in [0, 0.1) is 5.92 Å². The summed E-state index contributed by atoms with van der Waals surface area (Å²) in [6.07, 6.45) is 3.99. The predicted octanol–water partition coefficient (Wildman–Crippen LogP) is 1.80. The topological polar surface area (TPSA) is 46.0 Å². The lowest BCUT2D eigenvalue weighted by atomic mass is 9.86. The second-order valence-corrected chi connectivity index (χ2v) is 6.38. The van der Waals surface area contributed by atoms with E-state index in [1.165, 1.54) is 12.8 Å². The minimum absolute atomic E-state index is 0.254. The zero-order valence-electron chi connectivity index (χ0n) is 13.6. The Bertz CT molecular complexity index is 422. The maximum atomic E-state index is 4.39. The van der Waals surface area contributed by atoms with E-state index in [2.05, 4.69) is 48.0 Å². The Morgan fingerprint density at radius 3 is 2.60 bits per heavy atom. The Morgan fingerprint density at radius 1 is 1.40 bits per heavy atom. The number of aromatic nitrogens is 3. The van der Waals surface area contributed by atoms with Gasteiger partial charge in [0.25, 0.3) is 0 Å². The third-order valence-electron chi connectivity index (χ3n) is 4.93. The molecule has 1 atom stereocenters. The standard InChI is InChI=1S/C15H29N5/c1-6-15(7-2)10-20(13(8-17-15)12(3)4)9-14-16-11-18-19(14)5/h11-13,17H,6-10H2,1-5H3. The maximum absolute atomic E-state index is 4.39. The first-order valence-electron chi connectivity index (χ1n) is 7.83. The highest BCUT2D eigenvalue weighted by molar-refractivity contribution is 4.99. The number of nitrogens with one attached hydrogen (secondary N) is 1. The van der Waals surface area contributed by atoms with Crippen molar-refractivity contribution in [2.24, 2.45) is 13.0 Å². The molecule has 1 saturated heterocycles. The quantitative estimate of drug-likeness (QED) is 0.893. The summed E-state index contributed by atoms with van der Waals surface area (Å²) in [6, 6.07) is 0.568. The summed E-state index contributed by atoms with van der Waals surface area (Å²) in [5.74, 6) is 1.70. The van der Waals surface area contributed by atoms with Gasteiger partial charge in [-0.3, -0.25) is 9.58 Å². The first kappa shape index (κ1) is 15.4. The van der Waals surface area contributed by atoms with Crippen molar-refractivity contribution in [2.75, 3.05) is 13.1 Å². The molecule has 0 aliphatic carbocycles. The molecular formula is C15H29N5. The third kappa shape index (κ3) is 3.04. The lowest BCUT2D eigenvalue weighted by Crippen LogP contribution is -2.64. The molecule has 1 unspecified atom stereocenters. The van der Waals surface area contributed by atoms with Crippen LogP contribution in [0.25, 0.3) is 0 Å². The zero-order chi connectivity index (χ0) is 14.8. The van der Waals surface area contributed by atoms with E-state index in [1.54, 1.807) is 6.33 Å². The van der Waals surface area contributed by atoms with Gasteiger partial charge in [0.2, 0.25) is 0 Å². The Balaban J connectivity index is 2.17. The highest BCUT2D eigenvalue weighted by Crippen LogP contribution is 2.26. The van der Waals surface area contributed by atoms with Gasteiger partial charge < -0.3 is 5.32 Å². The zero-order valence-corrected chi connectivity index (χ0v) is 13.6. The Morgan fingerprint density at radius 2 is 2.10 bits per heavy atom. The molecule has 1 aliphatic rings. The summed E-state index contributed by atoms with van der Waals surface area (Å²) < 4.78 is 1.89. The number of aryl methyl sites for hydroxylation is 1. The molecule has 2 heterocycles. The van der Waals surface area contributed by atoms with E-state index in [9.17, 15) is 0 Å². The first-order valence-corrected chi connectivity index (χ1v) is 7.83. The monoisotopic (exact) mass is 279 g/mol. The molecule has 5 nitrogen and oxygen atoms in total. The minimum atomic E-state index is 0.254. The molecule has 114 valence electrons. The van der Waals surface area contributed by atoms with Crippen LogP contribution in [-0.4, -0.2) is 44.3 Å². The van der Waals surface area contributed by atoms with E-state index >= 15 is 0 Å². The summed E-state index contributed by atoms with van der Waals surface area (Å²) in [5.41, 5.74) is 0.254. The van der Waals surface area contributed by atoms with Gasteiger partial charge in [-0.05, 0) is 18.8 Å². The number of piperazine rings is 1. The largest absolute Gasteiger partial charge is 0.308 e. The van der Waals surface area contributed by atoms with Crippen molar-refractivity contribution < 1.29 is 0 Å². The van der Waals surface area contributed by atoms with Crippen molar-refractivity contribution in [1.29, 1.82) is 0 Å². The average molecular weight is 279 g/mol. The molecule has 0 aromatic carbocycles. The number of hydrogen-bond donors (Lipinski definition) is 1. The van der Waals surface area contributed by atoms with E-state index < -0.39 is 0 Å². The molecule has 0 bridgehead atoms. The summed E-state index contributed by atoms with van der Waals surface area (Å²) in [7, 11) is 1.97. The van der Waals surface area contributed by atoms with Gasteiger partial charge in [0.15, 0.2) is 0 Å². The predicted molar refractivity (Wildman–Crippen MR) is 81.4 cm³/mol. The van der Waals surface area contributed by atoms with Crippen molar-refractivity contribution >= 4 is 0 Å². The average Bonchev–Trinajstić information content (AvgIpc) is 2.84. The molecule has 2 rings (SSSR count). The molecule has 20 heavy (non-hydrogen) atoms. The van der Waals surface area contributed by atoms with E-state index in [0.717, 1.165) is 25.5 Å². The molecule has 1 N–H and O–H groups in total. The molecule has 1 fully saturated rings. The third-order valence-corrected chi connectivity index (χ3v) is 4.93. The van der Waals surface area contributed by atoms with Crippen LogP contribution >= 0.6 is 0 Å². The molecular weight excluding hydrogens is 250 g/mol. The van der Waals surface area contributed by atoms with Gasteiger partial charge in [-0.1, -0.05) is 27.7 Å². The van der Waals surface area contributed by atoms with Crippen molar-refractivity contribution in [2.45, 2.75) is 58.7 Å². The highest BCUT2D eigenvalue weighted by atomic mass is 15.3. The van der Waals surface area contributed by atoms with Crippen LogP contribution in [0.4, 0.5) is 0 Å². The van der Waals surface area contributed by atoms with Crippen LogP contribution in [0.15, 0.2) is 6.33 Å². The van der Waals surface area contributed by atoms with Crippen molar-refractivity contribution in [3.8, 4) is 0 Å².